The highest BCUT2D eigenvalue weighted by Gasteiger charge is 2.27. The summed E-state index contributed by atoms with van der Waals surface area (Å²) in [6, 6.07) is 24.4. The number of imidazole rings is 1. The number of benzene rings is 3. The van der Waals surface area contributed by atoms with Crippen LogP contribution in [0, 0.1) is 0 Å². The normalized spacial score (nSPS) is 11.3. The van der Waals surface area contributed by atoms with Crippen LogP contribution in [0.25, 0.3) is 16.8 Å². The van der Waals surface area contributed by atoms with Gasteiger partial charge in [0.15, 0.2) is 0 Å². The van der Waals surface area contributed by atoms with Crippen LogP contribution in [0.3, 0.4) is 0 Å². The molecule has 0 unspecified atom stereocenters. The molecule has 0 saturated carbocycles. The van der Waals surface area contributed by atoms with E-state index in [4.69, 9.17) is 9.47 Å². The van der Waals surface area contributed by atoms with Gasteiger partial charge in [-0.3, -0.25) is 9.13 Å². The van der Waals surface area contributed by atoms with E-state index >= 15 is 0 Å². The zero-order valence-corrected chi connectivity index (χ0v) is 22.1. The maximum Gasteiger partial charge on any atom is 0.336 e. The van der Waals surface area contributed by atoms with Crippen LogP contribution in [0.1, 0.15) is 53.4 Å². The van der Waals surface area contributed by atoms with Crippen LogP contribution >= 0.6 is 0 Å². The molecule has 0 spiro atoms. The van der Waals surface area contributed by atoms with Gasteiger partial charge in [-0.15, -0.1) is 0 Å². The third-order valence-corrected chi connectivity index (χ3v) is 6.76. The van der Waals surface area contributed by atoms with Gasteiger partial charge in [0.25, 0.3) is 0 Å². The van der Waals surface area contributed by atoms with Crippen LogP contribution in [0.4, 0.5) is 0 Å². The largest absolute Gasteiger partial charge is 0.478 e. The van der Waals surface area contributed by atoms with Crippen molar-refractivity contribution in [3.05, 3.63) is 112 Å². The molecule has 1 heterocycles. The van der Waals surface area contributed by atoms with Gasteiger partial charge < -0.3 is 14.6 Å². The first-order valence-corrected chi connectivity index (χ1v) is 12.9. The van der Waals surface area contributed by atoms with Crippen molar-refractivity contribution in [2.24, 2.45) is 0 Å². The number of carboxylic acids is 1. The maximum absolute atomic E-state index is 13.8. The lowest BCUT2D eigenvalue weighted by Gasteiger charge is -2.18. The monoisotopic (exact) mass is 514 g/mol. The quantitative estimate of drug-likeness (QED) is 0.239. The number of nitrogens with zero attached hydrogens (tertiary/aromatic N) is 2. The minimum atomic E-state index is -0.951. The number of rotatable bonds is 12. The molecule has 4 rings (SSSR count). The number of carboxylic acid groups (broad SMARTS) is 1. The van der Waals surface area contributed by atoms with Crippen molar-refractivity contribution in [1.29, 1.82) is 0 Å². The van der Waals surface area contributed by atoms with E-state index < -0.39 is 12.3 Å². The first kappa shape index (κ1) is 27.1. The summed E-state index contributed by atoms with van der Waals surface area (Å²) in [5, 5.41) is 9.53. The number of hydrogen-bond acceptors (Lipinski definition) is 4. The van der Waals surface area contributed by atoms with Crippen LogP contribution in [0.15, 0.2) is 83.7 Å². The van der Waals surface area contributed by atoms with E-state index in [-0.39, 0.29) is 11.3 Å². The fourth-order valence-electron chi connectivity index (χ4n) is 4.85. The Kier molecular flexibility index (Phi) is 8.94. The van der Waals surface area contributed by atoms with Crippen LogP contribution in [0.2, 0.25) is 0 Å². The molecule has 0 amide bonds. The van der Waals surface area contributed by atoms with Gasteiger partial charge in [-0.25, -0.2) is 9.59 Å². The molecule has 7 nitrogen and oxygen atoms in total. The van der Waals surface area contributed by atoms with E-state index in [0.29, 0.717) is 18.5 Å². The Morgan fingerprint density at radius 3 is 2.18 bits per heavy atom. The average molecular weight is 515 g/mol. The lowest BCUT2D eigenvalue weighted by molar-refractivity contribution is -0.110. The fraction of sp³-hybridized carbons (Fsp3) is 0.290. The van der Waals surface area contributed by atoms with Crippen molar-refractivity contribution >= 4 is 5.97 Å². The third kappa shape index (κ3) is 5.64. The third-order valence-electron chi connectivity index (χ3n) is 6.76. The molecule has 3 aromatic carbocycles. The second-order valence-electron chi connectivity index (χ2n) is 9.14. The smallest absolute Gasteiger partial charge is 0.336 e. The molecule has 0 aliphatic rings. The van der Waals surface area contributed by atoms with E-state index in [0.717, 1.165) is 47.5 Å². The highest BCUT2D eigenvalue weighted by molar-refractivity contribution is 5.95. The SMILES string of the molecule is CCCCc1c(C(OC)OC)n(-c2ccccc2)c(=O)n1CCc1ccc(-c2ccccc2C(=O)O)cc1. The lowest BCUT2D eigenvalue weighted by atomic mass is 9.98. The molecule has 0 saturated heterocycles. The lowest BCUT2D eigenvalue weighted by Crippen LogP contribution is -2.25. The molecule has 1 N–H and O–H groups in total. The van der Waals surface area contributed by atoms with Crippen molar-refractivity contribution in [2.75, 3.05) is 14.2 Å². The standard InChI is InChI=1S/C31H34N2O5/c1-4-5-15-27-28(30(37-2)38-3)33(24-11-7-6-8-12-24)31(36)32(27)21-20-22-16-18-23(19-17-22)25-13-9-10-14-26(25)29(34)35/h6-14,16-19,30H,4-5,15,20-21H2,1-3H3,(H,34,35). The Balaban J connectivity index is 1.69. The van der Waals surface area contributed by atoms with Crippen LogP contribution in [-0.4, -0.2) is 34.4 Å². The molecule has 38 heavy (non-hydrogen) atoms. The number of carbonyl (C=O) groups is 1. The predicted octanol–water partition coefficient (Wildman–Crippen LogP) is 5.88. The molecule has 7 heteroatoms. The summed E-state index contributed by atoms with van der Waals surface area (Å²) < 4.78 is 14.8. The number of ether oxygens (including phenoxy) is 2. The first-order chi connectivity index (χ1) is 18.5. The summed E-state index contributed by atoms with van der Waals surface area (Å²) in [5.74, 6) is -0.951. The van der Waals surface area contributed by atoms with Gasteiger partial charge in [-0.05, 0) is 54.2 Å². The molecule has 0 atom stereocenters. The Labute approximate surface area is 222 Å². The van der Waals surface area contributed by atoms with Crippen molar-refractivity contribution in [2.45, 2.75) is 45.4 Å². The van der Waals surface area contributed by atoms with Gasteiger partial charge in [0, 0.05) is 26.5 Å². The van der Waals surface area contributed by atoms with Gasteiger partial charge >= 0.3 is 11.7 Å². The summed E-state index contributed by atoms with van der Waals surface area (Å²) in [6.07, 6.45) is 2.62. The van der Waals surface area contributed by atoms with Gasteiger partial charge in [0.1, 0.15) is 5.69 Å². The van der Waals surface area contributed by atoms with E-state index in [1.807, 2.05) is 71.3 Å². The van der Waals surface area contributed by atoms with E-state index in [9.17, 15) is 14.7 Å². The van der Waals surface area contributed by atoms with Gasteiger partial charge in [-0.2, -0.15) is 0 Å². The van der Waals surface area contributed by atoms with E-state index in [2.05, 4.69) is 6.92 Å². The van der Waals surface area contributed by atoms with Gasteiger partial charge in [0.2, 0.25) is 6.29 Å². The predicted molar refractivity (Wildman–Crippen MR) is 148 cm³/mol. The molecule has 0 aliphatic carbocycles. The molecule has 4 aromatic rings. The number of methoxy groups -OCH3 is 2. The number of aromatic carboxylic acids is 1. The summed E-state index contributed by atoms with van der Waals surface area (Å²) in [7, 11) is 3.16. The summed E-state index contributed by atoms with van der Waals surface area (Å²) in [5.41, 5.74) is 5.13. The second-order valence-corrected chi connectivity index (χ2v) is 9.14. The Morgan fingerprint density at radius 2 is 1.55 bits per heavy atom. The number of aromatic nitrogens is 2. The topological polar surface area (TPSA) is 82.7 Å². The molecule has 1 aromatic heterocycles. The van der Waals surface area contributed by atoms with Crippen molar-refractivity contribution in [3.63, 3.8) is 0 Å². The zero-order chi connectivity index (χ0) is 27.1. The molecule has 198 valence electrons. The van der Waals surface area contributed by atoms with Crippen molar-refractivity contribution in [1.82, 2.24) is 9.13 Å². The number of hydrogen-bond donors (Lipinski definition) is 1. The second kappa shape index (κ2) is 12.5. The molecular formula is C31H34N2O5. The molecular weight excluding hydrogens is 480 g/mol. The van der Waals surface area contributed by atoms with Crippen LogP contribution < -0.4 is 5.69 Å². The molecule has 0 fully saturated rings. The fourth-order valence-corrected chi connectivity index (χ4v) is 4.85. The minimum absolute atomic E-state index is 0.122. The van der Waals surface area contributed by atoms with Crippen molar-refractivity contribution in [3.8, 4) is 16.8 Å². The minimum Gasteiger partial charge on any atom is -0.478 e. The highest BCUT2D eigenvalue weighted by atomic mass is 16.7. The van der Waals surface area contributed by atoms with Gasteiger partial charge in [0.05, 0.1) is 11.3 Å². The Morgan fingerprint density at radius 1 is 0.895 bits per heavy atom. The molecule has 0 bridgehead atoms. The Bertz CT molecular complexity index is 1420. The maximum atomic E-state index is 13.8. The van der Waals surface area contributed by atoms with E-state index in [1.54, 1.807) is 30.9 Å². The molecule has 0 radical (unpaired) electrons. The van der Waals surface area contributed by atoms with Gasteiger partial charge in [-0.1, -0.05) is 74.0 Å². The molecule has 0 aliphatic heterocycles. The first-order valence-electron chi connectivity index (χ1n) is 12.9. The highest BCUT2D eigenvalue weighted by Crippen LogP contribution is 2.27. The number of unbranched alkanes of at least 4 members (excludes halogenated alkanes) is 1. The zero-order valence-electron chi connectivity index (χ0n) is 22.1. The summed E-state index contributed by atoms with van der Waals surface area (Å²) in [6.45, 7) is 2.63. The summed E-state index contributed by atoms with van der Waals surface area (Å²) in [4.78, 5) is 25.5. The van der Waals surface area contributed by atoms with Crippen LogP contribution in [-0.2, 0) is 28.9 Å². The van der Waals surface area contributed by atoms with Crippen LogP contribution in [0.5, 0.6) is 0 Å². The van der Waals surface area contributed by atoms with Crippen molar-refractivity contribution < 1.29 is 19.4 Å². The average Bonchev–Trinajstić information content (AvgIpc) is 3.22. The Hall–Kier alpha value is -3.94. The number of aryl methyl sites for hydroxylation is 1. The number of para-hydroxylation sites is 1. The van der Waals surface area contributed by atoms with E-state index in [1.165, 1.54) is 0 Å². The summed E-state index contributed by atoms with van der Waals surface area (Å²) >= 11 is 0.